The summed E-state index contributed by atoms with van der Waals surface area (Å²) in [7, 11) is 0. The Kier molecular flexibility index (Phi) is 7.25. The van der Waals surface area contributed by atoms with Crippen LogP contribution < -0.4 is 11.1 Å². The van der Waals surface area contributed by atoms with Crippen molar-refractivity contribution in [2.24, 2.45) is 5.73 Å². The van der Waals surface area contributed by atoms with E-state index < -0.39 is 5.91 Å². The van der Waals surface area contributed by atoms with Crippen molar-refractivity contribution < 1.29 is 14.4 Å². The number of rotatable bonds is 6. The van der Waals surface area contributed by atoms with Crippen molar-refractivity contribution in [3.05, 3.63) is 65.9 Å². The number of aromatic nitrogens is 1. The number of likely N-dealkylation sites (tertiary alicyclic amines) is 2. The number of nitrogens with zero attached hydrogens (tertiary/aromatic N) is 3. The molecule has 2 fully saturated rings. The van der Waals surface area contributed by atoms with Crippen LogP contribution in [0.4, 0.5) is 11.5 Å². The second-order valence-corrected chi connectivity index (χ2v) is 8.86. The van der Waals surface area contributed by atoms with Crippen molar-refractivity contribution >= 4 is 29.2 Å². The number of piperidine rings is 2. The van der Waals surface area contributed by atoms with Crippen LogP contribution >= 0.6 is 0 Å². The molecule has 1 aromatic carbocycles. The number of amides is 3. The zero-order valence-electron chi connectivity index (χ0n) is 19.3. The van der Waals surface area contributed by atoms with Crippen LogP contribution in [0.15, 0.2) is 49.1 Å². The van der Waals surface area contributed by atoms with Crippen LogP contribution in [0.2, 0.25) is 0 Å². The van der Waals surface area contributed by atoms with Gasteiger partial charge in [-0.05, 0) is 74.6 Å². The van der Waals surface area contributed by atoms with E-state index in [0.717, 1.165) is 44.5 Å². The molecule has 178 valence electrons. The van der Waals surface area contributed by atoms with E-state index in [1.54, 1.807) is 23.1 Å². The number of nitrogens with one attached hydrogen (secondary N) is 1. The van der Waals surface area contributed by atoms with Gasteiger partial charge in [-0.25, -0.2) is 4.98 Å². The highest BCUT2D eigenvalue weighted by Gasteiger charge is 2.25. The highest BCUT2D eigenvalue weighted by Crippen LogP contribution is 2.30. The summed E-state index contributed by atoms with van der Waals surface area (Å²) in [5.74, 6) is 0.000893. The van der Waals surface area contributed by atoms with Crippen molar-refractivity contribution in [3.8, 4) is 0 Å². The summed E-state index contributed by atoms with van der Waals surface area (Å²) < 4.78 is 0. The molecular formula is C26H31N5O3. The fourth-order valence-electron chi connectivity index (χ4n) is 4.63. The molecule has 2 aliphatic heterocycles. The number of carbonyl (C=O) groups excluding carboxylic acids is 3. The molecule has 3 heterocycles. The van der Waals surface area contributed by atoms with Crippen molar-refractivity contribution in [2.75, 3.05) is 31.5 Å². The van der Waals surface area contributed by atoms with Gasteiger partial charge in [0.1, 0.15) is 5.82 Å². The van der Waals surface area contributed by atoms with Crippen LogP contribution in [0.25, 0.3) is 0 Å². The number of primary amides is 1. The SMILES string of the molecule is C=CC(=O)N1CCC(c2ccc(C(N)=O)c(Nc3ccc(C(=O)N4CCCCC4)cc3)n2)CC1. The normalized spacial score (nSPS) is 16.7. The van der Waals surface area contributed by atoms with Crippen LogP contribution in [0.3, 0.4) is 0 Å². The lowest BCUT2D eigenvalue weighted by atomic mass is 9.92. The van der Waals surface area contributed by atoms with Gasteiger partial charge in [-0.2, -0.15) is 0 Å². The van der Waals surface area contributed by atoms with E-state index in [9.17, 15) is 14.4 Å². The topological polar surface area (TPSA) is 109 Å². The summed E-state index contributed by atoms with van der Waals surface area (Å²) in [5, 5.41) is 3.20. The predicted molar refractivity (Wildman–Crippen MR) is 131 cm³/mol. The Hall–Kier alpha value is -3.68. The van der Waals surface area contributed by atoms with Crippen molar-refractivity contribution in [2.45, 2.75) is 38.0 Å². The third-order valence-corrected chi connectivity index (χ3v) is 6.62. The Bertz CT molecular complexity index is 1070. The molecule has 8 heteroatoms. The van der Waals surface area contributed by atoms with Gasteiger partial charge in [0.05, 0.1) is 5.56 Å². The molecule has 3 amide bonds. The molecule has 34 heavy (non-hydrogen) atoms. The van der Waals surface area contributed by atoms with E-state index in [2.05, 4.69) is 11.9 Å². The Morgan fingerprint density at radius 3 is 2.24 bits per heavy atom. The second kappa shape index (κ2) is 10.5. The largest absolute Gasteiger partial charge is 0.365 e. The molecule has 2 aromatic rings. The standard InChI is InChI=1S/C26H31N5O3/c1-2-23(32)30-16-12-18(13-17-30)22-11-10-21(24(27)33)25(29-22)28-20-8-6-19(7-9-20)26(34)31-14-4-3-5-15-31/h2,6-11,18H,1,3-5,12-17H2,(H2,27,33)(H,28,29). The minimum absolute atomic E-state index is 0.0467. The highest BCUT2D eigenvalue weighted by atomic mass is 16.2. The molecule has 3 N–H and O–H groups in total. The second-order valence-electron chi connectivity index (χ2n) is 8.86. The van der Waals surface area contributed by atoms with E-state index in [0.29, 0.717) is 35.7 Å². The van der Waals surface area contributed by atoms with Crippen LogP contribution in [0.1, 0.15) is 64.4 Å². The first kappa shape index (κ1) is 23.5. The molecule has 1 aromatic heterocycles. The van der Waals surface area contributed by atoms with E-state index in [1.165, 1.54) is 12.5 Å². The van der Waals surface area contributed by atoms with Gasteiger partial charge in [0, 0.05) is 49.0 Å². The summed E-state index contributed by atoms with van der Waals surface area (Å²) >= 11 is 0. The fraction of sp³-hybridized carbons (Fsp3) is 0.385. The van der Waals surface area contributed by atoms with Gasteiger partial charge in [0.25, 0.3) is 11.8 Å². The minimum atomic E-state index is -0.565. The molecule has 0 bridgehead atoms. The van der Waals surface area contributed by atoms with Crippen LogP contribution in [-0.2, 0) is 4.79 Å². The molecule has 0 radical (unpaired) electrons. The summed E-state index contributed by atoms with van der Waals surface area (Å²) in [6.07, 6.45) is 6.19. The molecule has 2 aliphatic rings. The lowest BCUT2D eigenvalue weighted by Crippen LogP contribution is -2.37. The van der Waals surface area contributed by atoms with E-state index in [4.69, 9.17) is 10.7 Å². The van der Waals surface area contributed by atoms with Gasteiger partial charge in [-0.1, -0.05) is 6.58 Å². The van der Waals surface area contributed by atoms with E-state index in [1.807, 2.05) is 23.1 Å². The molecule has 0 spiro atoms. The lowest BCUT2D eigenvalue weighted by molar-refractivity contribution is -0.127. The minimum Gasteiger partial charge on any atom is -0.365 e. The van der Waals surface area contributed by atoms with Crippen LogP contribution in [0.5, 0.6) is 0 Å². The quantitative estimate of drug-likeness (QED) is 0.641. The fourth-order valence-corrected chi connectivity index (χ4v) is 4.63. The Labute approximate surface area is 199 Å². The molecule has 0 aliphatic carbocycles. The Balaban J connectivity index is 1.48. The molecular weight excluding hydrogens is 430 g/mol. The Morgan fingerprint density at radius 1 is 0.941 bits per heavy atom. The molecule has 4 rings (SSSR count). The first-order chi connectivity index (χ1) is 16.5. The zero-order chi connectivity index (χ0) is 24.1. The van der Waals surface area contributed by atoms with E-state index in [-0.39, 0.29) is 17.7 Å². The number of pyridine rings is 1. The summed E-state index contributed by atoms with van der Waals surface area (Å²) in [5.41, 5.74) is 8.11. The first-order valence-electron chi connectivity index (χ1n) is 11.8. The third kappa shape index (κ3) is 5.27. The monoisotopic (exact) mass is 461 g/mol. The van der Waals surface area contributed by atoms with E-state index >= 15 is 0 Å². The van der Waals surface area contributed by atoms with Gasteiger partial charge < -0.3 is 20.9 Å². The maximum Gasteiger partial charge on any atom is 0.253 e. The smallest absolute Gasteiger partial charge is 0.253 e. The molecule has 0 atom stereocenters. The summed E-state index contributed by atoms with van der Waals surface area (Å²) in [6.45, 7) is 6.45. The molecule has 2 saturated heterocycles. The van der Waals surface area contributed by atoms with Gasteiger partial charge in [0.15, 0.2) is 0 Å². The molecule has 0 unspecified atom stereocenters. The highest BCUT2D eigenvalue weighted by molar-refractivity contribution is 5.98. The van der Waals surface area contributed by atoms with Crippen molar-refractivity contribution in [1.82, 2.24) is 14.8 Å². The average Bonchev–Trinajstić information content (AvgIpc) is 2.88. The van der Waals surface area contributed by atoms with Crippen molar-refractivity contribution in [1.29, 1.82) is 0 Å². The number of benzene rings is 1. The van der Waals surface area contributed by atoms with Gasteiger partial charge in [-0.15, -0.1) is 0 Å². The third-order valence-electron chi connectivity index (χ3n) is 6.62. The van der Waals surface area contributed by atoms with Gasteiger partial charge in [0.2, 0.25) is 5.91 Å². The number of anilines is 2. The average molecular weight is 462 g/mol. The first-order valence-corrected chi connectivity index (χ1v) is 11.8. The van der Waals surface area contributed by atoms with Gasteiger partial charge in [-0.3, -0.25) is 14.4 Å². The van der Waals surface area contributed by atoms with Crippen LogP contribution in [-0.4, -0.2) is 58.7 Å². The van der Waals surface area contributed by atoms with Crippen molar-refractivity contribution in [3.63, 3.8) is 0 Å². The zero-order valence-corrected chi connectivity index (χ0v) is 19.3. The maximum atomic E-state index is 12.7. The Morgan fingerprint density at radius 2 is 1.62 bits per heavy atom. The summed E-state index contributed by atoms with van der Waals surface area (Å²) in [4.78, 5) is 45.0. The molecule has 8 nitrogen and oxygen atoms in total. The lowest BCUT2D eigenvalue weighted by Gasteiger charge is -2.31. The summed E-state index contributed by atoms with van der Waals surface area (Å²) in [6, 6.07) is 10.7. The number of carbonyl (C=O) groups is 3. The van der Waals surface area contributed by atoms with Crippen LogP contribution in [0, 0.1) is 0 Å². The number of hydrogen-bond acceptors (Lipinski definition) is 5. The predicted octanol–water partition coefficient (Wildman–Crippen LogP) is 3.44. The molecule has 0 saturated carbocycles. The maximum absolute atomic E-state index is 12.7. The number of nitrogens with two attached hydrogens (primary N) is 1. The van der Waals surface area contributed by atoms with Gasteiger partial charge >= 0.3 is 0 Å². The number of hydrogen-bond donors (Lipinski definition) is 2.